The average molecular weight is 315 g/mol. The molecular formula is C14H19ClN2O4. The molecule has 1 rings (SSSR count). The van der Waals surface area contributed by atoms with Crippen LogP contribution >= 0.6 is 11.6 Å². The third kappa shape index (κ3) is 5.24. The molecule has 0 unspecified atom stereocenters. The summed E-state index contributed by atoms with van der Waals surface area (Å²) in [5.41, 5.74) is -0.504. The van der Waals surface area contributed by atoms with Crippen molar-refractivity contribution in [3.8, 4) is 0 Å². The first-order chi connectivity index (χ1) is 9.76. The maximum absolute atomic E-state index is 11.8. The quantitative estimate of drug-likeness (QED) is 0.753. The molecule has 0 aliphatic carbocycles. The molecule has 1 aromatic rings. The summed E-state index contributed by atoms with van der Waals surface area (Å²) in [5.74, 6) is -1.20. The van der Waals surface area contributed by atoms with Crippen LogP contribution in [0.2, 0.25) is 5.02 Å². The van der Waals surface area contributed by atoms with E-state index >= 15 is 0 Å². The number of carboxylic acids is 1. The molecule has 0 bridgehead atoms. The number of carbonyl (C=O) groups is 2. The van der Waals surface area contributed by atoms with Gasteiger partial charge < -0.3 is 20.5 Å². The Morgan fingerprint density at radius 1 is 1.38 bits per heavy atom. The van der Waals surface area contributed by atoms with Gasteiger partial charge in [-0.1, -0.05) is 17.7 Å². The summed E-state index contributed by atoms with van der Waals surface area (Å²) in [5, 5.41) is 14.3. The van der Waals surface area contributed by atoms with Crippen LogP contribution in [0.15, 0.2) is 18.2 Å². The van der Waals surface area contributed by atoms with Gasteiger partial charge in [0.1, 0.15) is 5.56 Å². The molecule has 3 N–H and O–H groups in total. The fourth-order valence-electron chi connectivity index (χ4n) is 1.75. The largest absolute Gasteiger partial charge is 0.478 e. The SMILES string of the molecule is CCOC(C)(C)CNC(=O)Nc1cccc(Cl)c1C(=O)O. The van der Waals surface area contributed by atoms with Gasteiger partial charge in [-0.15, -0.1) is 0 Å². The summed E-state index contributed by atoms with van der Waals surface area (Å²) in [4.78, 5) is 23.0. The molecule has 0 saturated carbocycles. The van der Waals surface area contributed by atoms with Crippen molar-refractivity contribution in [3.05, 3.63) is 28.8 Å². The topological polar surface area (TPSA) is 87.7 Å². The zero-order chi connectivity index (χ0) is 16.0. The molecule has 0 aromatic heterocycles. The standard InChI is InChI=1S/C14H19ClN2O4/c1-4-21-14(2,3)8-16-13(20)17-10-7-5-6-9(15)11(10)12(18)19/h5-7H,4,8H2,1-3H3,(H,18,19)(H2,16,17,20). The highest BCUT2D eigenvalue weighted by Gasteiger charge is 2.20. The summed E-state index contributed by atoms with van der Waals surface area (Å²) in [7, 11) is 0. The molecule has 0 atom stereocenters. The number of amides is 2. The number of benzene rings is 1. The number of carboxylic acid groups (broad SMARTS) is 1. The highest BCUT2D eigenvalue weighted by Crippen LogP contribution is 2.24. The number of anilines is 1. The van der Waals surface area contributed by atoms with Crippen molar-refractivity contribution >= 4 is 29.3 Å². The fraction of sp³-hybridized carbons (Fsp3) is 0.429. The van der Waals surface area contributed by atoms with Crippen LogP contribution < -0.4 is 10.6 Å². The van der Waals surface area contributed by atoms with E-state index in [9.17, 15) is 9.59 Å². The lowest BCUT2D eigenvalue weighted by Crippen LogP contribution is -2.42. The Morgan fingerprint density at radius 2 is 2.05 bits per heavy atom. The maximum Gasteiger partial charge on any atom is 0.339 e. The van der Waals surface area contributed by atoms with E-state index in [1.807, 2.05) is 20.8 Å². The van der Waals surface area contributed by atoms with Gasteiger partial charge in [0.2, 0.25) is 0 Å². The van der Waals surface area contributed by atoms with Gasteiger partial charge in [-0.2, -0.15) is 0 Å². The molecule has 0 spiro atoms. The van der Waals surface area contributed by atoms with Crippen LogP contribution in [-0.2, 0) is 4.74 Å². The van der Waals surface area contributed by atoms with Gasteiger partial charge in [0, 0.05) is 13.2 Å². The van der Waals surface area contributed by atoms with Gasteiger partial charge in [-0.3, -0.25) is 0 Å². The first-order valence-corrected chi connectivity index (χ1v) is 6.85. The van der Waals surface area contributed by atoms with Crippen molar-refractivity contribution in [1.29, 1.82) is 0 Å². The van der Waals surface area contributed by atoms with E-state index in [4.69, 9.17) is 21.4 Å². The Labute approximate surface area is 128 Å². The summed E-state index contributed by atoms with van der Waals surface area (Å²) in [6.07, 6.45) is 0. The molecule has 21 heavy (non-hydrogen) atoms. The number of halogens is 1. The van der Waals surface area contributed by atoms with E-state index in [0.717, 1.165) is 0 Å². The lowest BCUT2D eigenvalue weighted by atomic mass is 10.1. The third-order valence-electron chi connectivity index (χ3n) is 2.69. The number of hydrogen-bond donors (Lipinski definition) is 3. The second-order valence-corrected chi connectivity index (χ2v) is 5.38. The Morgan fingerprint density at radius 3 is 2.62 bits per heavy atom. The van der Waals surface area contributed by atoms with Crippen molar-refractivity contribution in [2.75, 3.05) is 18.5 Å². The summed E-state index contributed by atoms with van der Waals surface area (Å²) in [6, 6.07) is 3.97. The predicted molar refractivity (Wildman–Crippen MR) is 81.1 cm³/mol. The van der Waals surface area contributed by atoms with Gasteiger partial charge in [0.15, 0.2) is 0 Å². The number of nitrogens with one attached hydrogen (secondary N) is 2. The predicted octanol–water partition coefficient (Wildman–Crippen LogP) is 2.97. The first kappa shape index (κ1) is 17.3. The van der Waals surface area contributed by atoms with E-state index in [-0.39, 0.29) is 22.8 Å². The molecule has 0 aliphatic rings. The van der Waals surface area contributed by atoms with E-state index < -0.39 is 17.6 Å². The van der Waals surface area contributed by atoms with E-state index in [0.29, 0.717) is 6.61 Å². The van der Waals surface area contributed by atoms with E-state index in [1.165, 1.54) is 12.1 Å². The van der Waals surface area contributed by atoms with Crippen LogP contribution in [0, 0.1) is 0 Å². The zero-order valence-electron chi connectivity index (χ0n) is 12.2. The second-order valence-electron chi connectivity index (χ2n) is 4.97. The van der Waals surface area contributed by atoms with Crippen molar-refractivity contribution in [2.24, 2.45) is 0 Å². The van der Waals surface area contributed by atoms with Crippen LogP contribution in [0.5, 0.6) is 0 Å². The van der Waals surface area contributed by atoms with Gasteiger partial charge in [0.05, 0.1) is 16.3 Å². The summed E-state index contributed by atoms with van der Waals surface area (Å²) < 4.78 is 5.45. The normalized spacial score (nSPS) is 11.0. The number of hydrogen-bond acceptors (Lipinski definition) is 3. The van der Waals surface area contributed by atoms with Crippen molar-refractivity contribution in [1.82, 2.24) is 5.32 Å². The minimum atomic E-state index is -1.20. The smallest absolute Gasteiger partial charge is 0.339 e. The fourth-order valence-corrected chi connectivity index (χ4v) is 2.00. The Kier molecular flexibility index (Phi) is 5.99. The van der Waals surface area contributed by atoms with Gasteiger partial charge >= 0.3 is 12.0 Å². The average Bonchev–Trinajstić information content (AvgIpc) is 2.36. The summed E-state index contributed by atoms with van der Waals surface area (Å²) >= 11 is 5.83. The van der Waals surface area contributed by atoms with Crippen LogP contribution in [0.3, 0.4) is 0 Å². The van der Waals surface area contributed by atoms with Gasteiger partial charge in [0.25, 0.3) is 0 Å². The number of aromatic carboxylic acids is 1. The minimum Gasteiger partial charge on any atom is -0.478 e. The second kappa shape index (κ2) is 7.28. The molecule has 6 nitrogen and oxygen atoms in total. The summed E-state index contributed by atoms with van der Waals surface area (Å²) in [6.45, 7) is 6.38. The number of rotatable bonds is 6. The molecular weight excluding hydrogens is 296 g/mol. The van der Waals surface area contributed by atoms with Crippen LogP contribution in [0.4, 0.5) is 10.5 Å². The van der Waals surface area contributed by atoms with E-state index in [1.54, 1.807) is 6.07 Å². The molecule has 0 aliphatic heterocycles. The van der Waals surface area contributed by atoms with Crippen molar-refractivity contribution < 1.29 is 19.4 Å². The number of ether oxygens (including phenoxy) is 1. The number of urea groups is 1. The Balaban J connectivity index is 2.72. The molecule has 116 valence electrons. The third-order valence-corrected chi connectivity index (χ3v) is 3.00. The van der Waals surface area contributed by atoms with Crippen LogP contribution in [0.1, 0.15) is 31.1 Å². The molecule has 0 saturated heterocycles. The lowest BCUT2D eigenvalue weighted by Gasteiger charge is -2.25. The highest BCUT2D eigenvalue weighted by molar-refractivity contribution is 6.34. The molecule has 0 radical (unpaired) electrons. The molecule has 0 fully saturated rings. The van der Waals surface area contributed by atoms with Crippen LogP contribution in [0.25, 0.3) is 0 Å². The maximum atomic E-state index is 11.8. The molecule has 7 heteroatoms. The zero-order valence-corrected chi connectivity index (χ0v) is 13.0. The van der Waals surface area contributed by atoms with E-state index in [2.05, 4.69) is 10.6 Å². The molecule has 0 heterocycles. The minimum absolute atomic E-state index is 0.0648. The first-order valence-electron chi connectivity index (χ1n) is 6.47. The van der Waals surface area contributed by atoms with Gasteiger partial charge in [-0.05, 0) is 32.9 Å². The van der Waals surface area contributed by atoms with Gasteiger partial charge in [-0.25, -0.2) is 9.59 Å². The Bertz CT molecular complexity index is 532. The molecule has 1 aromatic carbocycles. The Hall–Kier alpha value is -1.79. The highest BCUT2D eigenvalue weighted by atomic mass is 35.5. The number of carbonyl (C=O) groups excluding carboxylic acids is 1. The van der Waals surface area contributed by atoms with Crippen molar-refractivity contribution in [3.63, 3.8) is 0 Å². The molecule has 2 amide bonds. The van der Waals surface area contributed by atoms with Crippen LogP contribution in [-0.4, -0.2) is 35.9 Å². The van der Waals surface area contributed by atoms with Crippen molar-refractivity contribution in [2.45, 2.75) is 26.4 Å². The lowest BCUT2D eigenvalue weighted by molar-refractivity contribution is -0.00663. The monoisotopic (exact) mass is 314 g/mol.